The zero-order valence-corrected chi connectivity index (χ0v) is 26.7. The molecule has 0 spiro atoms. The van der Waals surface area contributed by atoms with E-state index < -0.39 is 28.5 Å². The van der Waals surface area contributed by atoms with E-state index in [4.69, 9.17) is 4.74 Å². The molecule has 0 aliphatic carbocycles. The van der Waals surface area contributed by atoms with Crippen LogP contribution in [0.2, 0.25) is 0 Å². The predicted molar refractivity (Wildman–Crippen MR) is 175 cm³/mol. The number of thioether (sulfide) groups is 1. The van der Waals surface area contributed by atoms with Gasteiger partial charge in [-0.05, 0) is 60.7 Å². The lowest BCUT2D eigenvalue weighted by Crippen LogP contribution is -2.53. The second-order valence-corrected chi connectivity index (χ2v) is 12.7. The summed E-state index contributed by atoms with van der Waals surface area (Å²) < 4.78 is 35.4. The van der Waals surface area contributed by atoms with Crippen LogP contribution in [0.15, 0.2) is 119 Å². The molecule has 0 saturated heterocycles. The molecule has 2 amide bonds. The molecule has 1 N–H and O–H groups in total. The summed E-state index contributed by atoms with van der Waals surface area (Å²) in [5, 5.41) is 2.70. The van der Waals surface area contributed by atoms with Gasteiger partial charge in [-0.2, -0.15) is 0 Å². The lowest BCUT2D eigenvalue weighted by Gasteiger charge is -2.34. The fourth-order valence-corrected chi connectivity index (χ4v) is 6.66. The van der Waals surface area contributed by atoms with Gasteiger partial charge in [-0.15, -0.1) is 11.8 Å². The second kappa shape index (κ2) is 15.4. The SMILES string of the molecule is CCOc1ccccc1N(CC(=O)N(Cc1ccccc1)C(Cc1ccccc1)C(=O)NC)S(=O)(=O)c1ccc(SC)cc1. The first-order valence-corrected chi connectivity index (χ1v) is 16.9. The third kappa shape index (κ3) is 8.00. The van der Waals surface area contributed by atoms with Crippen molar-refractivity contribution in [2.75, 3.05) is 30.8 Å². The molecule has 1 atom stereocenters. The Labute approximate surface area is 264 Å². The predicted octanol–water partition coefficient (Wildman–Crippen LogP) is 5.39. The van der Waals surface area contributed by atoms with Crippen LogP contribution in [-0.4, -0.2) is 57.6 Å². The molecule has 1 unspecified atom stereocenters. The quantitative estimate of drug-likeness (QED) is 0.188. The van der Waals surface area contributed by atoms with E-state index in [0.29, 0.717) is 12.4 Å². The van der Waals surface area contributed by atoms with Crippen molar-refractivity contribution in [1.29, 1.82) is 0 Å². The minimum Gasteiger partial charge on any atom is -0.492 e. The van der Waals surface area contributed by atoms with Gasteiger partial charge in [0.15, 0.2) is 0 Å². The molecular weight excluding hydrogens is 595 g/mol. The summed E-state index contributed by atoms with van der Waals surface area (Å²) in [4.78, 5) is 30.2. The van der Waals surface area contributed by atoms with Crippen molar-refractivity contribution in [2.45, 2.75) is 35.7 Å². The van der Waals surface area contributed by atoms with Crippen LogP contribution in [0.25, 0.3) is 0 Å². The third-order valence-corrected chi connectivity index (χ3v) is 9.59. The lowest BCUT2D eigenvalue weighted by molar-refractivity contribution is -0.139. The van der Waals surface area contributed by atoms with Gasteiger partial charge in [0.05, 0.1) is 17.2 Å². The molecule has 0 radical (unpaired) electrons. The Morgan fingerprint density at radius 3 is 2.02 bits per heavy atom. The van der Waals surface area contributed by atoms with E-state index >= 15 is 0 Å². The molecule has 4 aromatic rings. The Bertz CT molecular complexity index is 1630. The van der Waals surface area contributed by atoms with E-state index in [0.717, 1.165) is 20.3 Å². The average molecular weight is 632 g/mol. The number of amides is 2. The first kappa shape index (κ1) is 32.6. The highest BCUT2D eigenvalue weighted by molar-refractivity contribution is 7.98. The number of carbonyl (C=O) groups is 2. The number of benzene rings is 4. The third-order valence-electron chi connectivity index (χ3n) is 7.07. The maximum absolute atomic E-state index is 14.4. The van der Waals surface area contributed by atoms with Gasteiger partial charge in [0, 0.05) is 24.9 Å². The molecule has 0 aliphatic rings. The molecule has 0 saturated carbocycles. The van der Waals surface area contributed by atoms with Gasteiger partial charge in [-0.3, -0.25) is 13.9 Å². The summed E-state index contributed by atoms with van der Waals surface area (Å²) >= 11 is 1.50. The van der Waals surface area contributed by atoms with Crippen LogP contribution in [0.3, 0.4) is 0 Å². The van der Waals surface area contributed by atoms with Crippen LogP contribution < -0.4 is 14.4 Å². The lowest BCUT2D eigenvalue weighted by atomic mass is 10.0. The van der Waals surface area contributed by atoms with Crippen LogP contribution in [0.4, 0.5) is 5.69 Å². The van der Waals surface area contributed by atoms with E-state index in [1.54, 1.807) is 43.3 Å². The number of likely N-dealkylation sites (N-methyl/N-ethyl adjacent to an activating group) is 1. The van der Waals surface area contributed by atoms with Crippen LogP contribution in [0, 0.1) is 0 Å². The number of nitrogens with zero attached hydrogens (tertiary/aromatic N) is 2. The number of anilines is 1. The minimum atomic E-state index is -4.24. The molecule has 0 aliphatic heterocycles. The number of nitrogens with one attached hydrogen (secondary N) is 1. The molecule has 10 heteroatoms. The van der Waals surface area contributed by atoms with Gasteiger partial charge in [-0.25, -0.2) is 8.42 Å². The van der Waals surface area contributed by atoms with Crippen molar-refractivity contribution >= 4 is 39.3 Å². The molecule has 0 aromatic heterocycles. The van der Waals surface area contributed by atoms with Crippen molar-refractivity contribution in [1.82, 2.24) is 10.2 Å². The smallest absolute Gasteiger partial charge is 0.264 e. The fourth-order valence-electron chi connectivity index (χ4n) is 4.83. The van der Waals surface area contributed by atoms with E-state index in [1.165, 1.54) is 35.8 Å². The summed E-state index contributed by atoms with van der Waals surface area (Å²) in [6.45, 7) is 1.66. The minimum absolute atomic E-state index is 0.0381. The van der Waals surface area contributed by atoms with E-state index in [2.05, 4.69) is 5.32 Å². The van der Waals surface area contributed by atoms with Gasteiger partial charge >= 0.3 is 0 Å². The van der Waals surface area contributed by atoms with E-state index in [-0.39, 0.29) is 29.5 Å². The van der Waals surface area contributed by atoms with Crippen molar-refractivity contribution in [2.24, 2.45) is 0 Å². The molecule has 8 nitrogen and oxygen atoms in total. The topological polar surface area (TPSA) is 96.0 Å². The first-order valence-electron chi connectivity index (χ1n) is 14.3. The van der Waals surface area contributed by atoms with Crippen molar-refractivity contribution in [3.8, 4) is 5.75 Å². The van der Waals surface area contributed by atoms with E-state index in [1.807, 2.05) is 66.9 Å². The van der Waals surface area contributed by atoms with Crippen LogP contribution >= 0.6 is 11.8 Å². The molecule has 230 valence electrons. The highest BCUT2D eigenvalue weighted by Crippen LogP contribution is 2.33. The Hall–Kier alpha value is -4.28. The van der Waals surface area contributed by atoms with Crippen LogP contribution in [0.5, 0.6) is 5.75 Å². The van der Waals surface area contributed by atoms with Crippen LogP contribution in [0.1, 0.15) is 18.1 Å². The van der Waals surface area contributed by atoms with E-state index in [9.17, 15) is 18.0 Å². The molecule has 44 heavy (non-hydrogen) atoms. The van der Waals surface area contributed by atoms with Gasteiger partial charge in [-0.1, -0.05) is 72.8 Å². The van der Waals surface area contributed by atoms with Crippen LogP contribution in [-0.2, 0) is 32.6 Å². The van der Waals surface area contributed by atoms with Crippen molar-refractivity contribution < 1.29 is 22.7 Å². The number of para-hydroxylation sites is 2. The highest BCUT2D eigenvalue weighted by Gasteiger charge is 2.35. The maximum Gasteiger partial charge on any atom is 0.264 e. The number of rotatable bonds is 14. The van der Waals surface area contributed by atoms with Gasteiger partial charge < -0.3 is 15.0 Å². The number of ether oxygens (including phenoxy) is 1. The zero-order valence-electron chi connectivity index (χ0n) is 25.1. The molecule has 0 fully saturated rings. The highest BCUT2D eigenvalue weighted by atomic mass is 32.2. The maximum atomic E-state index is 14.4. The average Bonchev–Trinajstić information content (AvgIpc) is 3.06. The number of sulfonamides is 1. The number of hydrogen-bond donors (Lipinski definition) is 1. The summed E-state index contributed by atoms with van der Waals surface area (Å²) in [6, 6.07) is 31.1. The van der Waals surface area contributed by atoms with Crippen molar-refractivity contribution in [3.05, 3.63) is 120 Å². The fraction of sp³-hybridized carbons (Fsp3) is 0.235. The Kier molecular flexibility index (Phi) is 11.5. The second-order valence-electron chi connectivity index (χ2n) is 9.91. The summed E-state index contributed by atoms with van der Waals surface area (Å²) in [6.07, 6.45) is 2.16. The summed E-state index contributed by atoms with van der Waals surface area (Å²) in [7, 11) is -2.71. The zero-order chi connectivity index (χ0) is 31.5. The number of carbonyl (C=O) groups excluding carboxylic acids is 2. The Morgan fingerprint density at radius 2 is 1.43 bits per heavy atom. The number of hydrogen-bond acceptors (Lipinski definition) is 6. The molecule has 0 bridgehead atoms. The van der Waals surface area contributed by atoms with Crippen molar-refractivity contribution in [3.63, 3.8) is 0 Å². The summed E-state index contributed by atoms with van der Waals surface area (Å²) in [5.41, 5.74) is 1.91. The van der Waals surface area contributed by atoms with Gasteiger partial charge in [0.2, 0.25) is 11.8 Å². The standard InChI is InChI=1S/C34H37N3O5S2/c1-4-42-32-18-12-11-17-30(32)37(44(40,41)29-21-19-28(43-3)20-22-29)25-33(38)36(24-27-15-9-6-10-16-27)31(34(39)35-2)23-26-13-7-5-8-14-26/h5-22,31H,4,23-25H2,1-3H3,(H,35,39). The van der Waals surface area contributed by atoms with Gasteiger partial charge in [0.25, 0.3) is 10.0 Å². The molecule has 4 rings (SSSR count). The largest absolute Gasteiger partial charge is 0.492 e. The normalized spacial score (nSPS) is 11.8. The Morgan fingerprint density at radius 1 is 0.841 bits per heavy atom. The summed E-state index contributed by atoms with van der Waals surface area (Å²) in [5.74, 6) is -0.558. The monoisotopic (exact) mass is 631 g/mol. The molecule has 4 aromatic carbocycles. The molecular formula is C34H37N3O5S2. The molecule has 0 heterocycles. The Balaban J connectivity index is 1.81. The first-order chi connectivity index (χ1) is 21.3. The van der Waals surface area contributed by atoms with Gasteiger partial charge in [0.1, 0.15) is 18.3 Å².